The number of benzene rings is 1. The summed E-state index contributed by atoms with van der Waals surface area (Å²) in [5.41, 5.74) is 5.04. The highest BCUT2D eigenvalue weighted by Gasteiger charge is 2.27. The summed E-state index contributed by atoms with van der Waals surface area (Å²) in [5.74, 6) is 0.00322. The molecular weight excluding hydrogens is 322 g/mol. The summed E-state index contributed by atoms with van der Waals surface area (Å²) in [5, 5.41) is 10.9. The van der Waals surface area contributed by atoms with Crippen molar-refractivity contribution in [3.05, 3.63) is 28.3 Å². The lowest BCUT2D eigenvalue weighted by molar-refractivity contribution is -0.386. The minimum atomic E-state index is -3.84. The number of ether oxygens (including phenoxy) is 1. The van der Waals surface area contributed by atoms with Crippen LogP contribution in [-0.4, -0.2) is 44.4 Å². The lowest BCUT2D eigenvalue weighted by Gasteiger charge is -2.23. The number of hydrogen-bond acceptors (Lipinski definition) is 6. The van der Waals surface area contributed by atoms with Crippen molar-refractivity contribution in [3.63, 3.8) is 0 Å². The highest BCUT2D eigenvalue weighted by molar-refractivity contribution is 7.89. The number of halogens is 1. The van der Waals surface area contributed by atoms with E-state index in [2.05, 4.69) is 0 Å². The number of nitrogens with two attached hydrogens (primary N) is 1. The summed E-state index contributed by atoms with van der Waals surface area (Å²) >= 11 is 0. The Labute approximate surface area is 129 Å². The van der Waals surface area contributed by atoms with Gasteiger partial charge in [0.2, 0.25) is 10.0 Å². The van der Waals surface area contributed by atoms with E-state index in [-0.39, 0.29) is 29.6 Å². The number of rotatable bonds is 6. The molecule has 0 fully saturated rings. The molecule has 0 bridgehead atoms. The summed E-state index contributed by atoms with van der Waals surface area (Å²) in [6.45, 7) is 1.80. The van der Waals surface area contributed by atoms with Gasteiger partial charge >= 0.3 is 5.69 Å². The molecule has 1 unspecified atom stereocenters. The molecule has 0 aliphatic carbocycles. The fraction of sp³-hybridized carbons (Fsp3) is 0.455. The third kappa shape index (κ3) is 4.03. The summed E-state index contributed by atoms with van der Waals surface area (Å²) in [6, 6.07) is 3.09. The summed E-state index contributed by atoms with van der Waals surface area (Å²) in [6.07, 6.45) is 0. The van der Waals surface area contributed by atoms with E-state index in [4.69, 9.17) is 10.5 Å². The first-order valence-corrected chi connectivity index (χ1v) is 7.20. The highest BCUT2D eigenvalue weighted by atomic mass is 35.5. The smallest absolute Gasteiger partial charge is 0.312 e. The van der Waals surface area contributed by atoms with Crippen LogP contribution in [0.1, 0.15) is 6.92 Å². The molecule has 1 atom stereocenters. The van der Waals surface area contributed by atoms with Gasteiger partial charge in [0, 0.05) is 25.7 Å². The minimum absolute atomic E-state index is 0. The zero-order chi connectivity index (χ0) is 15.5. The van der Waals surface area contributed by atoms with Crippen molar-refractivity contribution < 1.29 is 18.1 Å². The minimum Gasteiger partial charge on any atom is -0.490 e. The molecule has 0 saturated heterocycles. The maximum Gasteiger partial charge on any atom is 0.312 e. The van der Waals surface area contributed by atoms with E-state index >= 15 is 0 Å². The average Bonchev–Trinajstić information content (AvgIpc) is 2.44. The fourth-order valence-corrected chi connectivity index (χ4v) is 2.92. The SMILES string of the molecule is COc1ccc(S(=O)(=O)N(C)C(C)CN)cc1[N+](=O)[O-].Cl. The van der Waals surface area contributed by atoms with Gasteiger partial charge in [0.1, 0.15) is 0 Å². The molecule has 0 aliphatic heterocycles. The Morgan fingerprint density at radius 2 is 2.05 bits per heavy atom. The zero-order valence-electron chi connectivity index (χ0n) is 11.8. The average molecular weight is 340 g/mol. The van der Waals surface area contributed by atoms with Crippen molar-refractivity contribution in [3.8, 4) is 5.75 Å². The second-order valence-electron chi connectivity index (χ2n) is 4.20. The number of nitro groups is 1. The predicted octanol–water partition coefficient (Wildman–Crippen LogP) is 0.993. The third-order valence-corrected chi connectivity index (χ3v) is 4.95. The second-order valence-corrected chi connectivity index (χ2v) is 6.19. The Bertz CT molecular complexity index is 608. The van der Waals surface area contributed by atoms with E-state index < -0.39 is 26.7 Å². The molecule has 10 heteroatoms. The third-order valence-electron chi connectivity index (χ3n) is 2.99. The van der Waals surface area contributed by atoms with Gasteiger partial charge < -0.3 is 10.5 Å². The van der Waals surface area contributed by atoms with Crippen molar-refractivity contribution in [1.29, 1.82) is 0 Å². The first kappa shape index (κ1) is 19.6. The zero-order valence-corrected chi connectivity index (χ0v) is 13.5. The van der Waals surface area contributed by atoms with E-state index in [1.54, 1.807) is 6.92 Å². The van der Waals surface area contributed by atoms with Crippen LogP contribution in [0.4, 0.5) is 5.69 Å². The molecule has 1 aromatic carbocycles. The van der Waals surface area contributed by atoms with Gasteiger partial charge in [-0.2, -0.15) is 4.31 Å². The van der Waals surface area contributed by atoms with E-state index in [0.717, 1.165) is 10.4 Å². The van der Waals surface area contributed by atoms with Crippen LogP contribution in [0.15, 0.2) is 23.1 Å². The number of nitrogens with zero attached hydrogens (tertiary/aromatic N) is 2. The number of likely N-dealkylation sites (N-methyl/N-ethyl adjacent to an activating group) is 1. The molecule has 0 aromatic heterocycles. The molecule has 1 rings (SSSR count). The summed E-state index contributed by atoms with van der Waals surface area (Å²) < 4.78 is 30.5. The molecule has 8 nitrogen and oxygen atoms in total. The monoisotopic (exact) mass is 339 g/mol. The second kappa shape index (κ2) is 7.55. The topological polar surface area (TPSA) is 116 Å². The van der Waals surface area contributed by atoms with Gasteiger partial charge in [-0.1, -0.05) is 0 Å². The Hall–Kier alpha value is -1.42. The molecule has 0 spiro atoms. The van der Waals surface area contributed by atoms with Crippen LogP contribution in [-0.2, 0) is 10.0 Å². The summed E-state index contributed by atoms with van der Waals surface area (Å²) in [4.78, 5) is 10.1. The number of nitro benzene ring substituents is 1. The predicted molar refractivity (Wildman–Crippen MR) is 80.4 cm³/mol. The maximum atomic E-state index is 12.3. The van der Waals surface area contributed by atoms with Crippen LogP contribution < -0.4 is 10.5 Å². The van der Waals surface area contributed by atoms with Gasteiger partial charge in [0.15, 0.2) is 5.75 Å². The van der Waals surface area contributed by atoms with Crippen molar-refractivity contribution in [1.82, 2.24) is 4.31 Å². The van der Waals surface area contributed by atoms with Gasteiger partial charge in [-0.15, -0.1) is 12.4 Å². The van der Waals surface area contributed by atoms with Gasteiger partial charge in [0.05, 0.1) is 16.9 Å². The standard InChI is InChI=1S/C11H17N3O5S.ClH/c1-8(7-12)13(2)20(17,18)9-4-5-11(19-3)10(6-9)14(15)16;/h4-6,8H,7,12H2,1-3H3;1H. The van der Waals surface area contributed by atoms with E-state index in [1.165, 1.54) is 26.3 Å². The van der Waals surface area contributed by atoms with Crippen molar-refractivity contribution in [2.45, 2.75) is 17.9 Å². The van der Waals surface area contributed by atoms with Gasteiger partial charge in [0.25, 0.3) is 0 Å². The molecule has 0 amide bonds. The Balaban J connectivity index is 0.00000400. The largest absolute Gasteiger partial charge is 0.490 e. The van der Waals surface area contributed by atoms with Crippen LogP contribution in [0.3, 0.4) is 0 Å². The van der Waals surface area contributed by atoms with E-state index in [1.807, 2.05) is 0 Å². The van der Waals surface area contributed by atoms with Gasteiger partial charge in [-0.3, -0.25) is 10.1 Å². The Kier molecular flexibility index (Phi) is 7.04. The lowest BCUT2D eigenvalue weighted by Crippen LogP contribution is -2.39. The molecular formula is C11H18ClN3O5S. The first-order valence-electron chi connectivity index (χ1n) is 5.76. The van der Waals surface area contributed by atoms with Crippen molar-refractivity contribution in [2.75, 3.05) is 20.7 Å². The molecule has 21 heavy (non-hydrogen) atoms. The molecule has 0 radical (unpaired) electrons. The maximum absolute atomic E-state index is 12.3. The summed E-state index contributed by atoms with van der Waals surface area (Å²) in [7, 11) is -1.18. The molecule has 0 heterocycles. The normalized spacial score (nSPS) is 12.6. The first-order chi connectivity index (χ1) is 9.25. The molecule has 2 N–H and O–H groups in total. The van der Waals surface area contributed by atoms with Crippen LogP contribution in [0.5, 0.6) is 5.75 Å². The van der Waals surface area contributed by atoms with Gasteiger partial charge in [-0.05, 0) is 19.1 Å². The molecule has 1 aromatic rings. The quantitative estimate of drug-likeness (QED) is 0.610. The van der Waals surface area contributed by atoms with Crippen molar-refractivity contribution in [2.24, 2.45) is 5.73 Å². The Morgan fingerprint density at radius 3 is 2.48 bits per heavy atom. The van der Waals surface area contributed by atoms with E-state index in [0.29, 0.717) is 0 Å². The Morgan fingerprint density at radius 1 is 1.48 bits per heavy atom. The highest BCUT2D eigenvalue weighted by Crippen LogP contribution is 2.30. The van der Waals surface area contributed by atoms with Crippen molar-refractivity contribution >= 4 is 28.1 Å². The fourth-order valence-electron chi connectivity index (χ4n) is 1.52. The molecule has 0 aliphatic rings. The molecule has 0 saturated carbocycles. The number of sulfonamides is 1. The van der Waals surface area contributed by atoms with Crippen LogP contribution in [0.2, 0.25) is 0 Å². The van der Waals surface area contributed by atoms with Crippen LogP contribution in [0, 0.1) is 10.1 Å². The van der Waals surface area contributed by atoms with Crippen LogP contribution in [0.25, 0.3) is 0 Å². The van der Waals surface area contributed by atoms with Crippen LogP contribution >= 0.6 is 12.4 Å². The number of hydrogen-bond donors (Lipinski definition) is 1. The van der Waals surface area contributed by atoms with Gasteiger partial charge in [-0.25, -0.2) is 8.42 Å². The lowest BCUT2D eigenvalue weighted by atomic mass is 10.3. The number of methoxy groups -OCH3 is 1. The molecule has 120 valence electrons. The van der Waals surface area contributed by atoms with E-state index in [9.17, 15) is 18.5 Å².